The molecule has 3 aromatic rings. The fourth-order valence-corrected chi connectivity index (χ4v) is 3.33. The Labute approximate surface area is 181 Å². The molecule has 1 saturated heterocycles. The van der Waals surface area contributed by atoms with Gasteiger partial charge in [-0.15, -0.1) is 0 Å². The number of hydrogen-bond donors (Lipinski definition) is 2. The van der Waals surface area contributed by atoms with Crippen LogP contribution in [0.1, 0.15) is 28.8 Å². The predicted molar refractivity (Wildman–Crippen MR) is 120 cm³/mol. The minimum absolute atomic E-state index is 0.188. The fraction of sp³-hybridized carbons (Fsp3) is 0.200. The number of hydrogen-bond acceptors (Lipinski definition) is 4. The Bertz CT molecular complexity index is 1070. The van der Waals surface area contributed by atoms with Crippen LogP contribution < -0.4 is 15.4 Å². The summed E-state index contributed by atoms with van der Waals surface area (Å²) in [6, 6.07) is 21.8. The maximum Gasteiger partial charge on any atom is 0.255 e. The molecule has 1 atom stereocenters. The zero-order valence-corrected chi connectivity index (χ0v) is 17.3. The lowest BCUT2D eigenvalue weighted by Crippen LogP contribution is -2.27. The molecule has 6 nitrogen and oxygen atoms in total. The van der Waals surface area contributed by atoms with E-state index in [0.29, 0.717) is 41.5 Å². The van der Waals surface area contributed by atoms with Gasteiger partial charge in [0.05, 0.1) is 5.69 Å². The lowest BCUT2D eigenvalue weighted by atomic mass is 10.1. The van der Waals surface area contributed by atoms with Crippen LogP contribution in [0.2, 0.25) is 0 Å². The SMILES string of the molecule is Cc1ccc(Oc2ccccc2NC(=O)c2cccc(NC(=O)C3CCCO3)c2)cc1. The first-order valence-corrected chi connectivity index (χ1v) is 10.3. The fourth-order valence-electron chi connectivity index (χ4n) is 3.33. The average Bonchev–Trinajstić information content (AvgIpc) is 3.32. The highest BCUT2D eigenvalue weighted by Gasteiger charge is 2.23. The third-order valence-corrected chi connectivity index (χ3v) is 5.00. The highest BCUT2D eigenvalue weighted by atomic mass is 16.5. The van der Waals surface area contributed by atoms with Gasteiger partial charge in [0.15, 0.2) is 5.75 Å². The van der Waals surface area contributed by atoms with Crippen LogP contribution in [0.4, 0.5) is 11.4 Å². The molecule has 1 aliphatic heterocycles. The summed E-state index contributed by atoms with van der Waals surface area (Å²) in [6.07, 6.45) is 1.16. The van der Waals surface area contributed by atoms with Gasteiger partial charge < -0.3 is 20.1 Å². The Balaban J connectivity index is 1.46. The molecule has 2 N–H and O–H groups in total. The van der Waals surface area contributed by atoms with Crippen molar-refractivity contribution in [3.05, 3.63) is 83.9 Å². The number of ether oxygens (including phenoxy) is 2. The van der Waals surface area contributed by atoms with Crippen LogP contribution in [0.5, 0.6) is 11.5 Å². The smallest absolute Gasteiger partial charge is 0.255 e. The summed E-state index contributed by atoms with van der Waals surface area (Å²) in [5.74, 6) is 0.744. The van der Waals surface area contributed by atoms with Crippen molar-refractivity contribution in [2.24, 2.45) is 0 Å². The zero-order valence-electron chi connectivity index (χ0n) is 17.3. The molecule has 0 bridgehead atoms. The van der Waals surface area contributed by atoms with E-state index in [1.807, 2.05) is 43.3 Å². The molecule has 0 radical (unpaired) electrons. The zero-order chi connectivity index (χ0) is 21.6. The lowest BCUT2D eigenvalue weighted by Gasteiger charge is -2.13. The van der Waals surface area contributed by atoms with E-state index in [4.69, 9.17) is 9.47 Å². The van der Waals surface area contributed by atoms with Gasteiger partial charge >= 0.3 is 0 Å². The van der Waals surface area contributed by atoms with Crippen molar-refractivity contribution in [2.75, 3.05) is 17.2 Å². The van der Waals surface area contributed by atoms with Crippen molar-refractivity contribution in [3.63, 3.8) is 0 Å². The van der Waals surface area contributed by atoms with Gasteiger partial charge in [-0.1, -0.05) is 35.9 Å². The standard InChI is InChI=1S/C25H24N2O4/c1-17-11-13-20(14-12-17)31-22-9-3-2-8-21(22)27-24(28)18-6-4-7-19(16-18)26-25(29)23-10-5-15-30-23/h2-4,6-9,11-14,16,23H,5,10,15H2,1H3,(H,26,29)(H,27,28). The van der Waals surface area contributed by atoms with Gasteiger partial charge in [-0.3, -0.25) is 9.59 Å². The Kier molecular flexibility index (Phi) is 6.29. The van der Waals surface area contributed by atoms with E-state index in [1.165, 1.54) is 0 Å². The number of amides is 2. The van der Waals surface area contributed by atoms with Crippen molar-refractivity contribution in [3.8, 4) is 11.5 Å². The van der Waals surface area contributed by atoms with Crippen LogP contribution in [0, 0.1) is 6.92 Å². The molecular weight excluding hydrogens is 392 g/mol. The molecule has 31 heavy (non-hydrogen) atoms. The van der Waals surface area contributed by atoms with E-state index in [9.17, 15) is 9.59 Å². The van der Waals surface area contributed by atoms with Crippen molar-refractivity contribution < 1.29 is 19.1 Å². The summed E-state index contributed by atoms with van der Waals surface area (Å²) in [5.41, 5.74) is 2.68. The number of rotatable bonds is 6. The predicted octanol–water partition coefficient (Wildman–Crippen LogP) is 5.16. The summed E-state index contributed by atoms with van der Waals surface area (Å²) in [5, 5.41) is 5.72. The van der Waals surface area contributed by atoms with Gasteiger partial charge in [0.25, 0.3) is 11.8 Å². The second-order valence-electron chi connectivity index (χ2n) is 7.44. The summed E-state index contributed by atoms with van der Waals surface area (Å²) in [6.45, 7) is 2.61. The number of carbonyl (C=O) groups is 2. The Morgan fingerprint density at radius 1 is 0.968 bits per heavy atom. The first kappa shape index (κ1) is 20.6. The van der Waals surface area contributed by atoms with Crippen molar-refractivity contribution >= 4 is 23.2 Å². The van der Waals surface area contributed by atoms with Crippen molar-refractivity contribution in [2.45, 2.75) is 25.9 Å². The molecule has 0 aromatic heterocycles. The molecule has 6 heteroatoms. The molecule has 2 amide bonds. The lowest BCUT2D eigenvalue weighted by molar-refractivity contribution is -0.124. The molecule has 3 aromatic carbocycles. The van der Waals surface area contributed by atoms with Gasteiger partial charge in [0, 0.05) is 17.9 Å². The third kappa shape index (κ3) is 5.29. The Morgan fingerprint density at radius 2 is 1.77 bits per heavy atom. The topological polar surface area (TPSA) is 76.7 Å². The number of aryl methyl sites for hydroxylation is 1. The quantitative estimate of drug-likeness (QED) is 0.582. The highest BCUT2D eigenvalue weighted by Crippen LogP contribution is 2.30. The number of anilines is 2. The molecule has 158 valence electrons. The van der Waals surface area contributed by atoms with Crippen LogP contribution in [-0.2, 0) is 9.53 Å². The van der Waals surface area contributed by atoms with E-state index < -0.39 is 6.10 Å². The second-order valence-corrected chi connectivity index (χ2v) is 7.44. The van der Waals surface area contributed by atoms with E-state index in [2.05, 4.69) is 10.6 Å². The summed E-state index contributed by atoms with van der Waals surface area (Å²) >= 11 is 0. The van der Waals surface area contributed by atoms with Crippen LogP contribution in [0.25, 0.3) is 0 Å². The number of nitrogens with one attached hydrogen (secondary N) is 2. The minimum atomic E-state index is -0.428. The number of carbonyl (C=O) groups excluding carboxylic acids is 2. The van der Waals surface area contributed by atoms with Crippen molar-refractivity contribution in [1.29, 1.82) is 0 Å². The van der Waals surface area contributed by atoms with E-state index in [0.717, 1.165) is 12.0 Å². The van der Waals surface area contributed by atoms with Crippen LogP contribution in [-0.4, -0.2) is 24.5 Å². The first-order chi connectivity index (χ1) is 15.1. The van der Waals surface area contributed by atoms with E-state index >= 15 is 0 Å². The maximum atomic E-state index is 12.9. The van der Waals surface area contributed by atoms with Gasteiger partial charge in [-0.2, -0.15) is 0 Å². The molecule has 4 rings (SSSR count). The molecule has 1 unspecified atom stereocenters. The minimum Gasteiger partial charge on any atom is -0.455 e. The molecule has 0 saturated carbocycles. The van der Waals surface area contributed by atoms with E-state index in [1.54, 1.807) is 36.4 Å². The van der Waals surface area contributed by atoms with Crippen LogP contribution in [0.15, 0.2) is 72.8 Å². The monoisotopic (exact) mass is 416 g/mol. The largest absolute Gasteiger partial charge is 0.455 e. The number of para-hydroxylation sites is 2. The van der Waals surface area contributed by atoms with Crippen LogP contribution >= 0.6 is 0 Å². The Morgan fingerprint density at radius 3 is 2.55 bits per heavy atom. The summed E-state index contributed by atoms with van der Waals surface area (Å²) in [4.78, 5) is 25.1. The molecule has 0 spiro atoms. The van der Waals surface area contributed by atoms with Gasteiger partial charge in [0.2, 0.25) is 0 Å². The van der Waals surface area contributed by atoms with Crippen LogP contribution in [0.3, 0.4) is 0 Å². The molecule has 0 aliphatic carbocycles. The second kappa shape index (κ2) is 9.45. The van der Waals surface area contributed by atoms with Gasteiger partial charge in [-0.05, 0) is 62.2 Å². The highest BCUT2D eigenvalue weighted by molar-refractivity contribution is 6.06. The Hall–Kier alpha value is -3.64. The first-order valence-electron chi connectivity index (χ1n) is 10.3. The van der Waals surface area contributed by atoms with Crippen molar-refractivity contribution in [1.82, 2.24) is 0 Å². The van der Waals surface area contributed by atoms with E-state index in [-0.39, 0.29) is 11.8 Å². The molecule has 1 fully saturated rings. The van der Waals surface area contributed by atoms with Gasteiger partial charge in [-0.25, -0.2) is 0 Å². The molecular formula is C25H24N2O4. The van der Waals surface area contributed by atoms with Gasteiger partial charge in [0.1, 0.15) is 11.9 Å². The molecule has 1 heterocycles. The average molecular weight is 416 g/mol. The molecule has 1 aliphatic rings. The summed E-state index contributed by atoms with van der Waals surface area (Å²) < 4.78 is 11.4. The normalized spacial score (nSPS) is 15.3. The maximum absolute atomic E-state index is 12.9. The third-order valence-electron chi connectivity index (χ3n) is 5.00. The summed E-state index contributed by atoms with van der Waals surface area (Å²) in [7, 11) is 0. The number of benzene rings is 3.